The Labute approximate surface area is 145 Å². The summed E-state index contributed by atoms with van der Waals surface area (Å²) in [4.78, 5) is 26.2. The Morgan fingerprint density at radius 2 is 1.88 bits per heavy atom. The highest BCUT2D eigenvalue weighted by molar-refractivity contribution is 6.09. The van der Waals surface area contributed by atoms with Gasteiger partial charge in [-0.1, -0.05) is 18.2 Å². The number of nitrogens with zero attached hydrogens (tertiary/aromatic N) is 3. The fourth-order valence-corrected chi connectivity index (χ4v) is 2.55. The minimum atomic E-state index is -0.486. The lowest BCUT2D eigenvalue weighted by molar-refractivity contribution is 0.0601. The smallest absolute Gasteiger partial charge is 0.339 e. The van der Waals surface area contributed by atoms with E-state index in [1.807, 2.05) is 12.1 Å². The SMILES string of the molecule is COC(=O)c1ccccc1N(C)C(=O)c1cccc(-n2cccn2)c1. The number of amides is 1. The largest absolute Gasteiger partial charge is 0.465 e. The topological polar surface area (TPSA) is 64.4 Å². The third kappa shape index (κ3) is 3.28. The summed E-state index contributed by atoms with van der Waals surface area (Å²) in [6.45, 7) is 0. The van der Waals surface area contributed by atoms with Crippen LogP contribution in [0.5, 0.6) is 0 Å². The number of carbonyl (C=O) groups excluding carboxylic acids is 2. The van der Waals surface area contributed by atoms with Crippen LogP contribution in [0.25, 0.3) is 5.69 Å². The number of benzene rings is 2. The molecule has 25 heavy (non-hydrogen) atoms. The van der Waals surface area contributed by atoms with Crippen molar-refractivity contribution >= 4 is 17.6 Å². The standard InChI is InChI=1S/C19H17N3O3/c1-21(17-10-4-3-9-16(17)19(24)25-2)18(23)14-7-5-8-15(13-14)22-12-6-11-20-22/h3-13H,1-2H3. The molecule has 0 N–H and O–H groups in total. The zero-order valence-electron chi connectivity index (χ0n) is 13.9. The average molecular weight is 335 g/mol. The van der Waals surface area contributed by atoms with Crippen molar-refractivity contribution in [3.63, 3.8) is 0 Å². The molecule has 0 fully saturated rings. The molecular formula is C19H17N3O3. The molecule has 0 aliphatic carbocycles. The number of esters is 1. The van der Waals surface area contributed by atoms with Gasteiger partial charge in [0, 0.05) is 25.0 Å². The lowest BCUT2D eigenvalue weighted by Crippen LogP contribution is -2.28. The van der Waals surface area contributed by atoms with E-state index < -0.39 is 5.97 Å². The van der Waals surface area contributed by atoms with Crippen molar-refractivity contribution in [3.8, 4) is 5.69 Å². The van der Waals surface area contributed by atoms with E-state index in [9.17, 15) is 9.59 Å². The van der Waals surface area contributed by atoms with Crippen LogP contribution in [-0.2, 0) is 4.74 Å². The van der Waals surface area contributed by atoms with E-state index in [-0.39, 0.29) is 5.91 Å². The second-order valence-electron chi connectivity index (χ2n) is 5.37. The van der Waals surface area contributed by atoms with Gasteiger partial charge in [0.25, 0.3) is 5.91 Å². The fourth-order valence-electron chi connectivity index (χ4n) is 2.55. The van der Waals surface area contributed by atoms with Crippen LogP contribution >= 0.6 is 0 Å². The lowest BCUT2D eigenvalue weighted by atomic mass is 10.1. The van der Waals surface area contributed by atoms with Crippen molar-refractivity contribution < 1.29 is 14.3 Å². The van der Waals surface area contributed by atoms with Crippen LogP contribution in [0.1, 0.15) is 20.7 Å². The molecule has 0 radical (unpaired) electrons. The minimum absolute atomic E-state index is 0.231. The molecule has 3 aromatic rings. The Kier molecular flexibility index (Phi) is 4.61. The number of ether oxygens (including phenoxy) is 1. The minimum Gasteiger partial charge on any atom is -0.465 e. The second-order valence-corrected chi connectivity index (χ2v) is 5.37. The molecule has 2 aromatic carbocycles. The number of anilines is 1. The van der Waals surface area contributed by atoms with E-state index in [2.05, 4.69) is 5.10 Å². The van der Waals surface area contributed by atoms with E-state index in [1.54, 1.807) is 66.6 Å². The van der Waals surface area contributed by atoms with Gasteiger partial charge < -0.3 is 9.64 Å². The van der Waals surface area contributed by atoms with Gasteiger partial charge in [0.05, 0.1) is 24.0 Å². The Bertz CT molecular complexity index is 904. The van der Waals surface area contributed by atoms with Crippen LogP contribution in [0.2, 0.25) is 0 Å². The number of carbonyl (C=O) groups is 2. The number of aromatic nitrogens is 2. The van der Waals surface area contributed by atoms with Crippen LogP contribution in [0, 0.1) is 0 Å². The normalized spacial score (nSPS) is 10.3. The second kappa shape index (κ2) is 7.00. The fraction of sp³-hybridized carbons (Fsp3) is 0.105. The van der Waals surface area contributed by atoms with Crippen LogP contribution in [0.4, 0.5) is 5.69 Å². The molecule has 0 atom stereocenters. The predicted octanol–water partition coefficient (Wildman–Crippen LogP) is 2.94. The summed E-state index contributed by atoms with van der Waals surface area (Å²) < 4.78 is 6.47. The summed E-state index contributed by atoms with van der Waals surface area (Å²) in [6, 6.07) is 15.8. The van der Waals surface area contributed by atoms with E-state index in [0.29, 0.717) is 16.8 Å². The molecule has 6 heteroatoms. The molecule has 0 aliphatic heterocycles. The Hall–Kier alpha value is -3.41. The van der Waals surface area contributed by atoms with E-state index in [0.717, 1.165) is 5.69 Å². The quantitative estimate of drug-likeness (QED) is 0.688. The maximum atomic E-state index is 12.9. The first-order valence-electron chi connectivity index (χ1n) is 7.67. The highest BCUT2D eigenvalue weighted by Crippen LogP contribution is 2.22. The van der Waals surface area contributed by atoms with E-state index in [4.69, 9.17) is 4.74 Å². The summed E-state index contributed by atoms with van der Waals surface area (Å²) in [6.07, 6.45) is 3.48. The highest BCUT2D eigenvalue weighted by atomic mass is 16.5. The summed E-state index contributed by atoms with van der Waals surface area (Å²) in [5.41, 5.74) is 2.11. The Balaban J connectivity index is 1.94. The third-order valence-corrected chi connectivity index (χ3v) is 3.84. The number of methoxy groups -OCH3 is 1. The molecule has 0 saturated heterocycles. The Morgan fingerprint density at radius 1 is 1.08 bits per heavy atom. The molecule has 1 aromatic heterocycles. The van der Waals surface area contributed by atoms with Gasteiger partial charge in [-0.3, -0.25) is 4.79 Å². The number of hydrogen-bond acceptors (Lipinski definition) is 4. The molecule has 3 rings (SSSR count). The van der Waals surface area contributed by atoms with Crippen LogP contribution in [0.3, 0.4) is 0 Å². The van der Waals surface area contributed by atoms with Crippen LogP contribution in [0.15, 0.2) is 67.0 Å². The van der Waals surface area contributed by atoms with Crippen molar-refractivity contribution in [2.24, 2.45) is 0 Å². The van der Waals surface area contributed by atoms with Crippen molar-refractivity contribution in [1.29, 1.82) is 0 Å². The van der Waals surface area contributed by atoms with Crippen molar-refractivity contribution in [3.05, 3.63) is 78.1 Å². The maximum Gasteiger partial charge on any atom is 0.339 e. The van der Waals surface area contributed by atoms with Gasteiger partial charge in [-0.05, 0) is 36.4 Å². The van der Waals surface area contributed by atoms with Crippen molar-refractivity contribution in [2.45, 2.75) is 0 Å². The molecule has 0 saturated carbocycles. The highest BCUT2D eigenvalue weighted by Gasteiger charge is 2.20. The molecule has 0 bridgehead atoms. The summed E-state index contributed by atoms with van der Waals surface area (Å²) in [7, 11) is 2.94. The maximum absolute atomic E-state index is 12.9. The van der Waals surface area contributed by atoms with Gasteiger partial charge in [0.15, 0.2) is 0 Å². The number of hydrogen-bond donors (Lipinski definition) is 0. The lowest BCUT2D eigenvalue weighted by Gasteiger charge is -2.20. The summed E-state index contributed by atoms with van der Waals surface area (Å²) in [5, 5.41) is 4.17. The predicted molar refractivity (Wildman–Crippen MR) is 94.1 cm³/mol. The molecular weight excluding hydrogens is 318 g/mol. The third-order valence-electron chi connectivity index (χ3n) is 3.84. The first-order valence-corrected chi connectivity index (χ1v) is 7.67. The average Bonchev–Trinajstić information content (AvgIpc) is 3.21. The van der Waals surface area contributed by atoms with Crippen molar-refractivity contribution in [1.82, 2.24) is 9.78 Å². The molecule has 126 valence electrons. The molecule has 1 amide bonds. The number of para-hydroxylation sites is 1. The van der Waals surface area contributed by atoms with E-state index in [1.165, 1.54) is 12.0 Å². The van der Waals surface area contributed by atoms with Gasteiger partial charge in [0.1, 0.15) is 0 Å². The van der Waals surface area contributed by atoms with Gasteiger partial charge in [-0.2, -0.15) is 5.10 Å². The zero-order chi connectivity index (χ0) is 17.8. The zero-order valence-corrected chi connectivity index (χ0v) is 13.9. The molecule has 0 unspecified atom stereocenters. The monoisotopic (exact) mass is 335 g/mol. The van der Waals surface area contributed by atoms with Crippen molar-refractivity contribution in [2.75, 3.05) is 19.1 Å². The van der Waals surface area contributed by atoms with Gasteiger partial charge in [-0.15, -0.1) is 0 Å². The molecule has 0 aliphatic rings. The Morgan fingerprint density at radius 3 is 2.60 bits per heavy atom. The van der Waals surface area contributed by atoms with Crippen LogP contribution in [-0.4, -0.2) is 35.8 Å². The summed E-state index contributed by atoms with van der Waals surface area (Å²) in [5.74, 6) is -0.717. The molecule has 1 heterocycles. The first kappa shape index (κ1) is 16.4. The molecule has 6 nitrogen and oxygen atoms in total. The van der Waals surface area contributed by atoms with E-state index >= 15 is 0 Å². The number of rotatable bonds is 4. The summed E-state index contributed by atoms with van der Waals surface area (Å²) >= 11 is 0. The van der Waals surface area contributed by atoms with Gasteiger partial charge in [-0.25, -0.2) is 9.48 Å². The van der Waals surface area contributed by atoms with Gasteiger partial charge >= 0.3 is 5.97 Å². The van der Waals surface area contributed by atoms with Crippen LogP contribution < -0.4 is 4.90 Å². The first-order chi connectivity index (χ1) is 12.1. The molecule has 0 spiro atoms. The van der Waals surface area contributed by atoms with Gasteiger partial charge in [0.2, 0.25) is 0 Å².